The van der Waals surface area contributed by atoms with Crippen molar-refractivity contribution in [2.75, 3.05) is 23.5 Å². The molecule has 10 nitrogen and oxygen atoms in total. The Morgan fingerprint density at radius 1 is 0.941 bits per heavy atom. The number of aliphatic carboxylic acids is 1. The maximum Gasteiger partial charge on any atom is 0.326 e. The molecule has 1 heterocycles. The van der Waals surface area contributed by atoms with Crippen LogP contribution in [-0.4, -0.2) is 55.9 Å². The zero-order valence-electron chi connectivity index (χ0n) is 30.0. The zero-order chi connectivity index (χ0) is 37.0. The van der Waals surface area contributed by atoms with E-state index in [1.165, 1.54) is 17.8 Å². The van der Waals surface area contributed by atoms with Gasteiger partial charge in [0.05, 0.1) is 27.1 Å². The molecule has 0 saturated heterocycles. The van der Waals surface area contributed by atoms with Crippen molar-refractivity contribution in [2.45, 2.75) is 100 Å². The van der Waals surface area contributed by atoms with Gasteiger partial charge in [0.25, 0.3) is 5.91 Å². The van der Waals surface area contributed by atoms with Crippen LogP contribution in [0.25, 0.3) is 0 Å². The first-order valence-corrected chi connectivity index (χ1v) is 20.7. The van der Waals surface area contributed by atoms with Crippen LogP contribution in [0, 0.1) is 5.41 Å². The fraction of sp³-hybridized carbons (Fsp3) is 0.462. The quantitative estimate of drug-likeness (QED) is 0.0887. The minimum absolute atomic E-state index is 0.00395. The van der Waals surface area contributed by atoms with E-state index in [2.05, 4.69) is 29.5 Å². The maximum atomic E-state index is 14.4. The van der Waals surface area contributed by atoms with E-state index in [9.17, 15) is 27.9 Å². The van der Waals surface area contributed by atoms with Crippen LogP contribution in [0.4, 0.5) is 11.4 Å². The lowest BCUT2D eigenvalue weighted by atomic mass is 9.79. The Balaban J connectivity index is 1.67. The summed E-state index contributed by atoms with van der Waals surface area (Å²) >= 11 is 1.36. The molecular weight excluding hydrogens is 687 g/mol. The summed E-state index contributed by atoms with van der Waals surface area (Å²) in [4.78, 5) is 47.3. The summed E-state index contributed by atoms with van der Waals surface area (Å²) in [5.41, 5.74) is 3.99. The monoisotopic (exact) mass is 737 g/mol. The second kappa shape index (κ2) is 18.5. The van der Waals surface area contributed by atoms with Gasteiger partial charge in [0, 0.05) is 30.1 Å². The minimum Gasteiger partial charge on any atom is -0.480 e. The zero-order valence-corrected chi connectivity index (χ0v) is 31.7. The van der Waals surface area contributed by atoms with Gasteiger partial charge in [-0.15, -0.1) is 11.8 Å². The van der Waals surface area contributed by atoms with Crippen LogP contribution < -0.4 is 20.5 Å². The molecule has 0 saturated carbocycles. The largest absolute Gasteiger partial charge is 0.480 e. The predicted octanol–water partition coefficient (Wildman–Crippen LogP) is 7.65. The number of hydroxylamine groups is 1. The van der Waals surface area contributed by atoms with E-state index >= 15 is 0 Å². The smallest absolute Gasteiger partial charge is 0.326 e. The van der Waals surface area contributed by atoms with Gasteiger partial charge in [-0.3, -0.25) is 9.59 Å². The maximum absolute atomic E-state index is 14.4. The number of carboxylic acid groups (broad SMARTS) is 1. The van der Waals surface area contributed by atoms with Gasteiger partial charge in [0.2, 0.25) is 5.91 Å². The van der Waals surface area contributed by atoms with Gasteiger partial charge in [-0.25, -0.2) is 13.2 Å². The van der Waals surface area contributed by atoms with E-state index in [4.69, 9.17) is 4.84 Å². The predicted molar refractivity (Wildman–Crippen MR) is 202 cm³/mol. The SMILES string of the molecule is CCCCC1(CCCC)CN(c2ccccc2)c2cc(SC)c(ONC(=O)CC(C(=O)NC(CCC)C(=O)O)c3ccccc3)cc2S(=O)(=O)C1. The highest BCUT2D eigenvalue weighted by Gasteiger charge is 2.42. The fourth-order valence-electron chi connectivity index (χ4n) is 6.75. The molecule has 276 valence electrons. The molecule has 12 heteroatoms. The van der Waals surface area contributed by atoms with Crippen LogP contribution in [0.1, 0.15) is 90.0 Å². The van der Waals surface area contributed by atoms with Crippen molar-refractivity contribution in [1.82, 2.24) is 10.8 Å². The first-order chi connectivity index (χ1) is 24.5. The number of fused-ring (bicyclic) bond motifs is 1. The lowest BCUT2D eigenvalue weighted by molar-refractivity contribution is -0.142. The molecule has 0 radical (unpaired) electrons. The molecule has 0 bridgehead atoms. The number of rotatable bonds is 18. The number of amides is 2. The molecule has 0 aromatic heterocycles. The Bertz CT molecular complexity index is 1730. The fourth-order valence-corrected chi connectivity index (χ4v) is 9.40. The normalized spacial score (nSPS) is 15.9. The molecule has 3 aromatic rings. The molecule has 0 spiro atoms. The van der Waals surface area contributed by atoms with Crippen LogP contribution in [-0.2, 0) is 24.2 Å². The van der Waals surface area contributed by atoms with E-state index < -0.39 is 45.0 Å². The average molecular weight is 738 g/mol. The molecule has 1 aliphatic rings. The molecule has 1 aliphatic heterocycles. The average Bonchev–Trinajstić information content (AvgIpc) is 3.22. The molecule has 3 N–H and O–H groups in total. The number of carbonyl (C=O) groups excluding carboxylic acids is 2. The first-order valence-electron chi connectivity index (χ1n) is 17.8. The summed E-state index contributed by atoms with van der Waals surface area (Å²) in [6, 6.07) is 20.7. The molecule has 51 heavy (non-hydrogen) atoms. The van der Waals surface area contributed by atoms with E-state index in [1.54, 1.807) is 30.3 Å². The van der Waals surface area contributed by atoms with Crippen LogP contribution in [0.3, 0.4) is 0 Å². The van der Waals surface area contributed by atoms with E-state index in [0.717, 1.165) is 44.2 Å². The van der Waals surface area contributed by atoms with Crippen molar-refractivity contribution < 1.29 is 32.7 Å². The Labute approximate surface area is 306 Å². The topological polar surface area (TPSA) is 142 Å². The highest BCUT2D eigenvalue weighted by molar-refractivity contribution is 7.98. The van der Waals surface area contributed by atoms with E-state index in [0.29, 0.717) is 29.1 Å². The molecule has 2 amide bonds. The number of carbonyl (C=O) groups is 3. The number of hydrogen-bond donors (Lipinski definition) is 3. The van der Waals surface area contributed by atoms with Crippen LogP contribution in [0.2, 0.25) is 0 Å². The highest BCUT2D eigenvalue weighted by Crippen LogP contribution is 2.47. The summed E-state index contributed by atoms with van der Waals surface area (Å²) in [7, 11) is -3.81. The third kappa shape index (κ3) is 10.3. The summed E-state index contributed by atoms with van der Waals surface area (Å²) in [6.07, 6.45) is 7.68. The van der Waals surface area contributed by atoms with Gasteiger partial charge in [0.15, 0.2) is 15.6 Å². The van der Waals surface area contributed by atoms with Gasteiger partial charge < -0.3 is 20.2 Å². The van der Waals surface area contributed by atoms with Crippen molar-refractivity contribution in [2.24, 2.45) is 5.41 Å². The van der Waals surface area contributed by atoms with Crippen LogP contribution in [0.5, 0.6) is 5.75 Å². The lowest BCUT2D eigenvalue weighted by Gasteiger charge is -2.37. The van der Waals surface area contributed by atoms with Crippen molar-refractivity contribution in [3.63, 3.8) is 0 Å². The van der Waals surface area contributed by atoms with Crippen molar-refractivity contribution in [3.8, 4) is 5.75 Å². The Morgan fingerprint density at radius 2 is 1.57 bits per heavy atom. The molecule has 0 aliphatic carbocycles. The molecule has 4 rings (SSSR count). The van der Waals surface area contributed by atoms with Crippen molar-refractivity contribution in [1.29, 1.82) is 0 Å². The number of sulfone groups is 1. The number of unbranched alkanes of at least 4 members (excludes halogenated alkanes) is 2. The van der Waals surface area contributed by atoms with Crippen LogP contribution >= 0.6 is 11.8 Å². The van der Waals surface area contributed by atoms with Gasteiger partial charge in [-0.1, -0.05) is 101 Å². The minimum atomic E-state index is -3.81. The van der Waals surface area contributed by atoms with Crippen molar-refractivity contribution in [3.05, 3.63) is 78.4 Å². The number of nitrogens with zero attached hydrogens (tertiary/aromatic N) is 1. The van der Waals surface area contributed by atoms with Gasteiger partial charge in [-0.2, -0.15) is 5.48 Å². The van der Waals surface area contributed by atoms with Crippen LogP contribution in [0.15, 0.2) is 82.6 Å². The van der Waals surface area contributed by atoms with Gasteiger partial charge in [-0.05, 0) is 49.3 Å². The van der Waals surface area contributed by atoms with E-state index in [1.807, 2.05) is 49.6 Å². The number of benzene rings is 3. The molecule has 2 unspecified atom stereocenters. The summed E-state index contributed by atoms with van der Waals surface area (Å²) in [6.45, 7) is 6.63. The summed E-state index contributed by atoms with van der Waals surface area (Å²) in [5.74, 6) is -3.17. The second-order valence-electron chi connectivity index (χ2n) is 13.3. The lowest BCUT2D eigenvalue weighted by Crippen LogP contribution is -2.44. The summed E-state index contributed by atoms with van der Waals surface area (Å²) in [5, 5.41) is 12.2. The first kappa shape index (κ1) is 39.8. The number of para-hydroxylation sites is 1. The number of carboxylic acids is 1. The van der Waals surface area contributed by atoms with Gasteiger partial charge >= 0.3 is 5.97 Å². The Hall–Kier alpha value is -4.03. The molecule has 2 atom stereocenters. The standard InChI is InChI=1S/C39H51N3O7S2/c1-5-8-21-39(22-9-6-2)26-42(29-19-14-11-15-20-29)32-24-34(50-4)33(25-35(32)51(47,48)27-39)49-41-36(43)23-30(28-17-12-10-13-18-28)37(44)40-31(16-7-3)38(45)46/h10-15,17-20,24-25,30-31H,5-9,16,21-23,26-27H2,1-4H3,(H,40,44)(H,41,43)(H,45,46). The number of nitrogens with one attached hydrogen (secondary N) is 2. The molecular formula is C39H51N3O7S2. The van der Waals surface area contributed by atoms with Gasteiger partial charge in [0.1, 0.15) is 6.04 Å². The highest BCUT2D eigenvalue weighted by atomic mass is 32.2. The molecule has 0 fully saturated rings. The third-order valence-corrected chi connectivity index (χ3v) is 12.2. The number of anilines is 2. The number of hydrogen-bond acceptors (Lipinski definition) is 8. The van der Waals surface area contributed by atoms with E-state index in [-0.39, 0.29) is 29.2 Å². The third-order valence-electron chi connectivity index (χ3n) is 9.42. The Kier molecular flexibility index (Phi) is 14.4. The Morgan fingerprint density at radius 3 is 2.14 bits per heavy atom. The molecule has 3 aromatic carbocycles. The number of thioether (sulfide) groups is 1. The second-order valence-corrected chi connectivity index (χ2v) is 16.1. The van der Waals surface area contributed by atoms with Crippen molar-refractivity contribution >= 4 is 50.8 Å². The summed E-state index contributed by atoms with van der Waals surface area (Å²) < 4.78 is 28.8.